The average Bonchev–Trinajstić information content (AvgIpc) is 3.92. The Labute approximate surface area is 395 Å². The SMILES string of the molecule is CC1CCC(C[C@H]2NC(=O)[C@@H]3C[C@@H](O)CN3C(=O)[C@@H](NC(=O)[C@H](Cc3ccccc3)NCC(=O)O)CCCNC(=O)[C@H](CCCN=C(N)N)NC(=O)[C@H](Cc3c[nH]c4ccccc34)NC2=O)CC1. The van der Waals surface area contributed by atoms with Crippen LogP contribution in [0.3, 0.4) is 0 Å². The van der Waals surface area contributed by atoms with E-state index in [1.807, 2.05) is 24.3 Å². The van der Waals surface area contributed by atoms with Gasteiger partial charge in [0.05, 0.1) is 18.7 Å². The quantitative estimate of drug-likeness (QED) is 0.0549. The molecule has 3 heterocycles. The molecule has 2 aliphatic heterocycles. The molecule has 0 spiro atoms. The number of fused-ring (bicyclic) bond motifs is 2. The Kier molecular flexibility index (Phi) is 18.3. The minimum Gasteiger partial charge on any atom is -0.480 e. The van der Waals surface area contributed by atoms with E-state index in [1.165, 1.54) is 4.90 Å². The number of nitrogens with one attached hydrogen (secondary N) is 7. The number of guanidine groups is 1. The van der Waals surface area contributed by atoms with Crippen molar-refractivity contribution in [1.29, 1.82) is 0 Å². The molecule has 6 rings (SSSR count). The van der Waals surface area contributed by atoms with Crippen molar-refractivity contribution in [3.05, 3.63) is 71.9 Å². The van der Waals surface area contributed by atoms with Crippen molar-refractivity contribution in [3.8, 4) is 0 Å². The zero-order valence-electron chi connectivity index (χ0n) is 38.6. The van der Waals surface area contributed by atoms with Crippen LogP contribution in [-0.4, -0.2) is 136 Å². The second-order valence-corrected chi connectivity index (χ2v) is 18.5. The van der Waals surface area contributed by atoms with Gasteiger partial charge < -0.3 is 58.1 Å². The third-order valence-corrected chi connectivity index (χ3v) is 13.2. The number of aliphatic imine (C=N–C) groups is 1. The highest BCUT2D eigenvalue weighted by Gasteiger charge is 2.43. The molecule has 0 radical (unpaired) electrons. The number of nitrogens with zero attached hydrogens (tertiary/aromatic N) is 2. The zero-order chi connectivity index (χ0) is 48.7. The molecule has 1 aromatic heterocycles. The number of carboxylic acids is 1. The van der Waals surface area contributed by atoms with Crippen LogP contribution in [0.1, 0.15) is 82.3 Å². The fraction of sp³-hybridized carbons (Fsp3) is 0.542. The highest BCUT2D eigenvalue weighted by Crippen LogP contribution is 2.32. The average molecular weight is 942 g/mol. The maximum Gasteiger partial charge on any atom is 0.317 e. The van der Waals surface area contributed by atoms with Gasteiger partial charge in [-0.05, 0) is 67.6 Å². The molecule has 68 heavy (non-hydrogen) atoms. The standard InChI is InChI=1S/C48H67N11O9/c1-28-15-17-30(18-16-28)22-38-44(65)57-39(23-31-25-53-34-12-6-5-11-33(31)34)45(66)55-35(13-7-20-52-48(49)50)42(63)51-19-8-14-36(47(68)59-27-32(60)24-40(59)46(67)58-38)56-43(64)37(54-26-41(61)62)21-29-9-3-2-4-10-29/h2-6,9-12,25,28,30,32,35-40,53-54,60H,7-8,13-24,26-27H2,1H3,(H,51,63)(H,55,66)(H,56,64)(H,57,65)(H,58,67)(H,61,62)(H4,49,50,52)/t28?,30?,32-,35+,36+,37+,38-,39+,40+/m1/s1. The minimum atomic E-state index is -1.28. The molecular formula is C48H67N11O9. The zero-order valence-corrected chi connectivity index (χ0v) is 38.6. The highest BCUT2D eigenvalue weighted by atomic mass is 16.4. The fourth-order valence-electron chi connectivity index (χ4n) is 9.44. The Bertz CT molecular complexity index is 2260. The van der Waals surface area contributed by atoms with Crippen LogP contribution in [0.4, 0.5) is 0 Å². The van der Waals surface area contributed by atoms with Crippen molar-refractivity contribution in [2.45, 2.75) is 126 Å². The summed E-state index contributed by atoms with van der Waals surface area (Å²) >= 11 is 0. The van der Waals surface area contributed by atoms with E-state index in [9.17, 15) is 43.8 Å². The summed E-state index contributed by atoms with van der Waals surface area (Å²) in [5.74, 6) is -4.62. The van der Waals surface area contributed by atoms with Crippen LogP contribution in [0, 0.1) is 11.8 Å². The second-order valence-electron chi connectivity index (χ2n) is 18.5. The molecule has 3 aliphatic rings. The third-order valence-electron chi connectivity index (χ3n) is 13.2. The number of aromatic nitrogens is 1. The van der Waals surface area contributed by atoms with E-state index in [4.69, 9.17) is 11.5 Å². The van der Waals surface area contributed by atoms with E-state index in [0.717, 1.165) is 47.7 Å². The number of nitrogens with two attached hydrogens (primary N) is 2. The number of hydrogen-bond acceptors (Lipinski definition) is 10. The number of benzene rings is 2. The molecule has 6 amide bonds. The Morgan fingerprint density at radius 2 is 1.56 bits per heavy atom. The minimum absolute atomic E-state index is 0.00681. The van der Waals surface area contributed by atoms with Gasteiger partial charge in [0.15, 0.2) is 5.96 Å². The number of aliphatic carboxylic acids is 1. The number of rotatable bonds is 15. The Morgan fingerprint density at radius 1 is 0.868 bits per heavy atom. The van der Waals surface area contributed by atoms with Crippen LogP contribution in [0.2, 0.25) is 0 Å². The van der Waals surface area contributed by atoms with Gasteiger partial charge in [0.1, 0.15) is 30.2 Å². The van der Waals surface area contributed by atoms with Gasteiger partial charge in [-0.25, -0.2) is 0 Å². The van der Waals surface area contributed by atoms with Gasteiger partial charge >= 0.3 is 5.97 Å². The van der Waals surface area contributed by atoms with Crippen molar-refractivity contribution in [1.82, 2.24) is 41.8 Å². The molecule has 368 valence electrons. The fourth-order valence-corrected chi connectivity index (χ4v) is 9.44. The lowest BCUT2D eigenvalue weighted by Crippen LogP contribution is -2.60. The van der Waals surface area contributed by atoms with Crippen molar-refractivity contribution in [2.75, 3.05) is 26.2 Å². The molecule has 0 bridgehead atoms. The molecular weight excluding hydrogens is 875 g/mol. The number of H-pyrrole nitrogens is 1. The summed E-state index contributed by atoms with van der Waals surface area (Å²) in [4.78, 5) is 106. The van der Waals surface area contributed by atoms with Gasteiger partial charge in [-0.15, -0.1) is 0 Å². The summed E-state index contributed by atoms with van der Waals surface area (Å²) in [7, 11) is 0. The first-order valence-electron chi connectivity index (χ1n) is 23.7. The van der Waals surface area contributed by atoms with Crippen molar-refractivity contribution in [3.63, 3.8) is 0 Å². The summed E-state index contributed by atoms with van der Waals surface area (Å²) in [6.07, 6.45) is 4.91. The van der Waals surface area contributed by atoms with Crippen molar-refractivity contribution >= 4 is 58.3 Å². The Hall–Kier alpha value is -6.54. The first kappa shape index (κ1) is 50.9. The van der Waals surface area contributed by atoms with E-state index in [2.05, 4.69) is 48.8 Å². The third kappa shape index (κ3) is 14.5. The number of carbonyl (C=O) groups is 7. The summed E-state index contributed by atoms with van der Waals surface area (Å²) in [5.41, 5.74) is 13.4. The predicted octanol–water partition coefficient (Wildman–Crippen LogP) is 0.0769. The van der Waals surface area contributed by atoms with E-state index in [0.29, 0.717) is 12.3 Å². The Balaban J connectivity index is 1.33. The lowest BCUT2D eigenvalue weighted by molar-refractivity contribution is -0.143. The molecule has 2 aromatic carbocycles. The topological polar surface area (TPSA) is 316 Å². The molecule has 3 fully saturated rings. The largest absolute Gasteiger partial charge is 0.480 e. The highest BCUT2D eigenvalue weighted by molar-refractivity contribution is 5.97. The van der Waals surface area contributed by atoms with Gasteiger partial charge in [0.25, 0.3) is 0 Å². The number of para-hydroxylation sites is 1. The van der Waals surface area contributed by atoms with Crippen LogP contribution in [0.15, 0.2) is 65.8 Å². The number of aliphatic hydroxyl groups is 1. The molecule has 1 saturated carbocycles. The van der Waals surface area contributed by atoms with E-state index >= 15 is 0 Å². The van der Waals surface area contributed by atoms with Crippen LogP contribution in [0.5, 0.6) is 0 Å². The molecule has 20 nitrogen and oxygen atoms in total. The van der Waals surface area contributed by atoms with Crippen LogP contribution in [0.25, 0.3) is 10.9 Å². The van der Waals surface area contributed by atoms with Crippen LogP contribution in [-0.2, 0) is 46.4 Å². The van der Waals surface area contributed by atoms with Crippen LogP contribution < -0.4 is 43.4 Å². The van der Waals surface area contributed by atoms with Gasteiger partial charge in [-0.1, -0.05) is 81.1 Å². The lowest BCUT2D eigenvalue weighted by atomic mass is 9.80. The van der Waals surface area contributed by atoms with Crippen molar-refractivity contribution in [2.24, 2.45) is 28.3 Å². The molecule has 3 aromatic rings. The summed E-state index contributed by atoms with van der Waals surface area (Å²) < 4.78 is 0. The van der Waals surface area contributed by atoms with Gasteiger partial charge in [-0.2, -0.15) is 0 Å². The number of aromatic amines is 1. The number of amides is 6. The van der Waals surface area contributed by atoms with Crippen molar-refractivity contribution < 1.29 is 43.8 Å². The van der Waals surface area contributed by atoms with E-state index in [1.54, 1.807) is 36.5 Å². The first-order valence-corrected chi connectivity index (χ1v) is 23.7. The molecule has 13 N–H and O–H groups in total. The molecule has 7 atom stereocenters. The number of carbonyl (C=O) groups excluding carboxylic acids is 6. The number of aliphatic hydroxyl groups excluding tert-OH is 1. The van der Waals surface area contributed by atoms with Gasteiger partial charge in [0, 0.05) is 49.6 Å². The number of hydrogen-bond donors (Lipinski definition) is 11. The number of carboxylic acid groups (broad SMARTS) is 1. The molecule has 1 aliphatic carbocycles. The Morgan fingerprint density at radius 3 is 2.29 bits per heavy atom. The van der Waals surface area contributed by atoms with Gasteiger partial charge in [0.2, 0.25) is 35.4 Å². The second kappa shape index (κ2) is 24.5. The molecule has 20 heteroatoms. The normalized spacial score (nSPS) is 26.0. The monoisotopic (exact) mass is 942 g/mol. The maximum atomic E-state index is 14.7. The molecule has 0 unspecified atom stereocenters. The summed E-state index contributed by atoms with van der Waals surface area (Å²) in [6.45, 7) is 1.55. The summed E-state index contributed by atoms with van der Waals surface area (Å²) in [6, 6.07) is 9.39. The first-order chi connectivity index (χ1) is 32.6. The summed E-state index contributed by atoms with van der Waals surface area (Å²) in [5, 5.41) is 38.4. The van der Waals surface area contributed by atoms with Gasteiger partial charge in [-0.3, -0.25) is 43.9 Å². The van der Waals surface area contributed by atoms with E-state index < -0.39 is 90.3 Å². The van der Waals surface area contributed by atoms with E-state index in [-0.39, 0.29) is 76.5 Å². The molecule has 2 saturated heterocycles. The maximum absolute atomic E-state index is 14.7. The lowest BCUT2D eigenvalue weighted by Gasteiger charge is -2.33. The predicted molar refractivity (Wildman–Crippen MR) is 253 cm³/mol. The van der Waals surface area contributed by atoms with Crippen LogP contribution >= 0.6 is 0 Å². The smallest absolute Gasteiger partial charge is 0.317 e.